The maximum atomic E-state index is 14.4. The minimum absolute atomic E-state index is 0.0149. The molecule has 11 heteroatoms. The van der Waals surface area contributed by atoms with Crippen molar-refractivity contribution in [3.8, 4) is 11.5 Å². The number of nitrogens with zero attached hydrogens (tertiary/aromatic N) is 2. The maximum absolute atomic E-state index is 14.4. The van der Waals surface area contributed by atoms with E-state index >= 15 is 0 Å². The summed E-state index contributed by atoms with van der Waals surface area (Å²) < 4.78 is 20.9. The summed E-state index contributed by atoms with van der Waals surface area (Å²) >= 11 is 5.91. The Bertz CT molecular complexity index is 1210. The van der Waals surface area contributed by atoms with E-state index in [0.29, 0.717) is 19.4 Å². The molecule has 2 amide bonds. The third-order valence-electron chi connectivity index (χ3n) is 6.40. The molecule has 1 spiro atoms. The number of pyridine rings is 1. The summed E-state index contributed by atoms with van der Waals surface area (Å²) in [5.41, 5.74) is -2.12. The molecule has 1 aliphatic heterocycles. The molecule has 4 rings (SSSR count). The van der Waals surface area contributed by atoms with Crippen LogP contribution < -0.4 is 15.5 Å². The summed E-state index contributed by atoms with van der Waals surface area (Å²) in [5, 5.41) is 22.2. The summed E-state index contributed by atoms with van der Waals surface area (Å²) in [6, 6.07) is 2.84. The highest BCUT2D eigenvalue weighted by Crippen LogP contribution is 2.47. The van der Waals surface area contributed by atoms with Crippen molar-refractivity contribution < 1.29 is 28.9 Å². The van der Waals surface area contributed by atoms with Gasteiger partial charge in [-0.3, -0.25) is 14.4 Å². The smallest absolute Gasteiger partial charge is 0.274 e. The zero-order valence-corrected chi connectivity index (χ0v) is 18.8. The molecule has 0 unspecified atom stereocenters. The predicted octanol–water partition coefficient (Wildman–Crippen LogP) is 1.47. The van der Waals surface area contributed by atoms with Crippen molar-refractivity contribution in [2.24, 2.45) is 5.92 Å². The van der Waals surface area contributed by atoms with Crippen molar-refractivity contribution in [1.29, 1.82) is 0 Å². The van der Waals surface area contributed by atoms with Gasteiger partial charge in [-0.1, -0.05) is 17.7 Å². The van der Waals surface area contributed by atoms with Gasteiger partial charge in [-0.25, -0.2) is 4.39 Å². The highest BCUT2D eigenvalue weighted by Gasteiger charge is 2.51. The molecule has 0 bridgehead atoms. The topological polar surface area (TPSA) is 121 Å². The van der Waals surface area contributed by atoms with Crippen LogP contribution in [0.1, 0.15) is 39.3 Å². The van der Waals surface area contributed by atoms with Gasteiger partial charge >= 0.3 is 0 Å². The molecular weight excluding hydrogens is 457 g/mol. The van der Waals surface area contributed by atoms with Gasteiger partial charge in [-0.15, -0.1) is 0 Å². The van der Waals surface area contributed by atoms with Crippen molar-refractivity contribution in [2.45, 2.75) is 24.9 Å². The van der Waals surface area contributed by atoms with Gasteiger partial charge in [0.15, 0.2) is 17.3 Å². The standard InChI is InChI=1S/C22H23ClFN3O6/c1-26-10-22(5-11(6-22)9-28)27-8-13(18(29)19(30)17(27)21(26)32)20(31)25-7-12-3-4-14(33-2)15(23)16(12)24/h3-4,8,11,28,30H,5-7,9-10H2,1-2H3,(H,25,31)/t11-,22+. The van der Waals surface area contributed by atoms with Crippen molar-refractivity contribution in [2.75, 3.05) is 27.3 Å². The minimum atomic E-state index is -0.996. The molecular formula is C22H23ClFN3O6. The fraction of sp³-hybridized carbons (Fsp3) is 0.409. The van der Waals surface area contributed by atoms with E-state index in [4.69, 9.17) is 16.3 Å². The first-order valence-electron chi connectivity index (χ1n) is 10.3. The van der Waals surface area contributed by atoms with E-state index in [2.05, 4.69) is 5.32 Å². The van der Waals surface area contributed by atoms with Crippen molar-refractivity contribution in [3.63, 3.8) is 0 Å². The maximum Gasteiger partial charge on any atom is 0.274 e. The van der Waals surface area contributed by atoms with Crippen molar-refractivity contribution in [1.82, 2.24) is 14.8 Å². The number of rotatable bonds is 5. The molecule has 2 aliphatic rings. The third-order valence-corrected chi connectivity index (χ3v) is 6.75. The Hall–Kier alpha value is -3.11. The summed E-state index contributed by atoms with van der Waals surface area (Å²) in [4.78, 5) is 39.7. The quantitative estimate of drug-likeness (QED) is 0.597. The van der Waals surface area contributed by atoms with Gasteiger partial charge in [-0.05, 0) is 24.8 Å². The fourth-order valence-electron chi connectivity index (χ4n) is 4.72. The third kappa shape index (κ3) is 3.63. The molecule has 1 aromatic carbocycles. The number of aromatic hydroxyl groups is 1. The molecule has 2 heterocycles. The van der Waals surface area contributed by atoms with Gasteiger partial charge in [0.05, 0.1) is 12.6 Å². The highest BCUT2D eigenvalue weighted by molar-refractivity contribution is 6.32. The van der Waals surface area contributed by atoms with Crippen LogP contribution in [0.4, 0.5) is 4.39 Å². The number of fused-ring (bicyclic) bond motifs is 2. The number of likely N-dealkylation sites (N-methyl/N-ethyl adjacent to an activating group) is 1. The van der Waals surface area contributed by atoms with E-state index in [0.717, 1.165) is 0 Å². The number of hydrogen-bond acceptors (Lipinski definition) is 6. The van der Waals surface area contributed by atoms with Crippen molar-refractivity contribution >= 4 is 23.4 Å². The zero-order chi connectivity index (χ0) is 24.1. The molecule has 9 nitrogen and oxygen atoms in total. The van der Waals surface area contributed by atoms with Crippen LogP contribution in [0.25, 0.3) is 0 Å². The van der Waals surface area contributed by atoms with Gasteiger partial charge in [0.2, 0.25) is 5.43 Å². The van der Waals surface area contributed by atoms with E-state index in [1.54, 1.807) is 7.05 Å². The summed E-state index contributed by atoms with van der Waals surface area (Å²) in [7, 11) is 2.91. The molecule has 1 saturated carbocycles. The second-order valence-electron chi connectivity index (χ2n) is 8.52. The fourth-order valence-corrected chi connectivity index (χ4v) is 4.98. The summed E-state index contributed by atoms with van der Waals surface area (Å²) in [6.45, 7) is 0.0221. The van der Waals surface area contributed by atoms with Crippen LogP contribution in [-0.4, -0.2) is 58.8 Å². The lowest BCUT2D eigenvalue weighted by molar-refractivity contribution is -0.0102. The van der Waals surface area contributed by atoms with Gasteiger partial charge < -0.3 is 29.7 Å². The van der Waals surface area contributed by atoms with Gasteiger partial charge in [0.1, 0.15) is 16.3 Å². The Morgan fingerprint density at radius 3 is 2.70 bits per heavy atom. The van der Waals surface area contributed by atoms with Crippen molar-refractivity contribution in [3.05, 3.63) is 56.2 Å². The average molecular weight is 480 g/mol. The first-order chi connectivity index (χ1) is 15.6. The van der Waals surface area contributed by atoms with Crippen LogP contribution in [0, 0.1) is 11.7 Å². The number of ether oxygens (including phenoxy) is 1. The molecule has 2 aromatic rings. The first kappa shape index (κ1) is 23.1. The van der Waals surface area contributed by atoms with E-state index < -0.39 is 34.3 Å². The number of aliphatic hydroxyl groups excluding tert-OH is 1. The van der Waals surface area contributed by atoms with Crippen LogP contribution in [0.15, 0.2) is 23.1 Å². The summed E-state index contributed by atoms with van der Waals surface area (Å²) in [6.07, 6.45) is 2.31. The van der Waals surface area contributed by atoms with E-state index in [1.807, 2.05) is 0 Å². The normalized spacial score (nSPS) is 21.5. The Morgan fingerprint density at radius 1 is 1.36 bits per heavy atom. The number of benzene rings is 1. The lowest BCUT2D eigenvalue weighted by Gasteiger charge is -2.53. The SMILES string of the molecule is COc1ccc(CNC(=O)c2cn3c(c(O)c2=O)C(=O)N(C)C[C@]32C[C@H](CO)C2)c(F)c1Cl. The molecule has 176 valence electrons. The summed E-state index contributed by atoms with van der Waals surface area (Å²) in [5.74, 6) is -2.80. The van der Waals surface area contributed by atoms with Crippen LogP contribution >= 0.6 is 11.6 Å². The van der Waals surface area contributed by atoms with Gasteiger partial charge in [0.25, 0.3) is 11.8 Å². The number of halogens is 2. The lowest BCUT2D eigenvalue weighted by atomic mass is 9.67. The molecule has 0 atom stereocenters. The van der Waals surface area contributed by atoms with E-state index in [9.17, 15) is 29.0 Å². The number of carbonyl (C=O) groups is 2. The van der Waals surface area contributed by atoms with Crippen LogP contribution in [0.3, 0.4) is 0 Å². The molecule has 1 aliphatic carbocycles. The molecule has 0 saturated heterocycles. The van der Waals surface area contributed by atoms with Crippen LogP contribution in [-0.2, 0) is 12.1 Å². The average Bonchev–Trinajstić information content (AvgIpc) is 2.77. The molecule has 1 aromatic heterocycles. The second kappa shape index (κ2) is 8.35. The first-order valence-corrected chi connectivity index (χ1v) is 10.7. The van der Waals surface area contributed by atoms with Crippen LogP contribution in [0.2, 0.25) is 5.02 Å². The lowest BCUT2D eigenvalue weighted by Crippen LogP contribution is -2.60. The van der Waals surface area contributed by atoms with Gasteiger partial charge in [0, 0.05) is 38.5 Å². The molecule has 1 fully saturated rings. The van der Waals surface area contributed by atoms with Crippen LogP contribution in [0.5, 0.6) is 11.5 Å². The Balaban J connectivity index is 1.67. The number of carbonyl (C=O) groups excluding carboxylic acids is 2. The van der Waals surface area contributed by atoms with E-state index in [-0.39, 0.29) is 46.7 Å². The largest absolute Gasteiger partial charge is 0.503 e. The number of aromatic nitrogens is 1. The number of hydrogen-bond donors (Lipinski definition) is 3. The Kier molecular flexibility index (Phi) is 5.83. The Labute approximate surface area is 193 Å². The number of nitrogens with one attached hydrogen (secondary N) is 1. The van der Waals surface area contributed by atoms with E-state index in [1.165, 1.54) is 34.9 Å². The number of amides is 2. The molecule has 3 N–H and O–H groups in total. The predicted molar refractivity (Wildman–Crippen MR) is 116 cm³/mol. The molecule has 0 radical (unpaired) electrons. The Morgan fingerprint density at radius 2 is 2.06 bits per heavy atom. The highest BCUT2D eigenvalue weighted by atomic mass is 35.5. The minimum Gasteiger partial charge on any atom is -0.503 e. The number of methoxy groups -OCH3 is 1. The zero-order valence-electron chi connectivity index (χ0n) is 18.0. The molecule has 33 heavy (non-hydrogen) atoms. The second-order valence-corrected chi connectivity index (χ2v) is 8.90. The monoisotopic (exact) mass is 479 g/mol. The van der Waals surface area contributed by atoms with Gasteiger partial charge in [-0.2, -0.15) is 0 Å². The number of aliphatic hydroxyl groups is 1.